The zero-order chi connectivity index (χ0) is 23.0. The van der Waals surface area contributed by atoms with E-state index in [1.165, 1.54) is 11.8 Å². The number of hydrogen-bond donors (Lipinski definition) is 1. The number of fused-ring (bicyclic) bond motifs is 1. The van der Waals surface area contributed by atoms with E-state index in [9.17, 15) is 9.59 Å². The monoisotopic (exact) mass is 461 g/mol. The number of carbonyl (C=O) groups is 1. The Morgan fingerprint density at radius 3 is 2.42 bits per heavy atom. The van der Waals surface area contributed by atoms with Gasteiger partial charge in [-0.25, -0.2) is 4.98 Å². The standard InChI is InChI=1S/C25H23N3O4S/c1-31-16-15-28-24(30)21-9-5-6-10-22(21)27-25(28)33-17-23(29)26-18-11-13-20(14-12-18)32-19-7-3-2-4-8-19/h2-14H,15-17H2,1H3,(H,26,29). The van der Waals surface area contributed by atoms with Crippen molar-refractivity contribution in [2.45, 2.75) is 11.7 Å². The van der Waals surface area contributed by atoms with E-state index < -0.39 is 0 Å². The summed E-state index contributed by atoms with van der Waals surface area (Å²) < 4.78 is 12.5. The maximum absolute atomic E-state index is 12.9. The Morgan fingerprint density at radius 1 is 0.970 bits per heavy atom. The lowest BCUT2D eigenvalue weighted by Crippen LogP contribution is -2.26. The first-order valence-corrected chi connectivity index (χ1v) is 11.4. The van der Waals surface area contributed by atoms with Crippen molar-refractivity contribution < 1.29 is 14.3 Å². The van der Waals surface area contributed by atoms with Gasteiger partial charge in [-0.2, -0.15) is 0 Å². The summed E-state index contributed by atoms with van der Waals surface area (Å²) in [5, 5.41) is 3.89. The maximum Gasteiger partial charge on any atom is 0.262 e. The number of benzene rings is 3. The Bertz CT molecular complexity index is 1290. The molecule has 0 atom stereocenters. The van der Waals surface area contributed by atoms with Crippen molar-refractivity contribution >= 4 is 34.3 Å². The number of thioether (sulfide) groups is 1. The molecule has 0 aliphatic carbocycles. The van der Waals surface area contributed by atoms with Crippen molar-refractivity contribution in [3.05, 3.63) is 89.2 Å². The summed E-state index contributed by atoms with van der Waals surface area (Å²) in [5.74, 6) is 1.33. The third-order valence-electron chi connectivity index (χ3n) is 4.79. The van der Waals surface area contributed by atoms with Gasteiger partial charge in [0.2, 0.25) is 5.91 Å². The number of nitrogens with zero attached hydrogens (tertiary/aromatic N) is 2. The van der Waals surface area contributed by atoms with Gasteiger partial charge in [0.15, 0.2) is 5.16 Å². The molecule has 168 valence electrons. The molecule has 0 radical (unpaired) electrons. The van der Waals surface area contributed by atoms with Crippen molar-refractivity contribution in [2.24, 2.45) is 0 Å². The molecule has 4 rings (SSSR count). The molecule has 0 spiro atoms. The summed E-state index contributed by atoms with van der Waals surface area (Å²) in [6.07, 6.45) is 0. The highest BCUT2D eigenvalue weighted by molar-refractivity contribution is 7.99. The average Bonchev–Trinajstić information content (AvgIpc) is 2.84. The molecular formula is C25H23N3O4S. The lowest BCUT2D eigenvalue weighted by Gasteiger charge is -2.13. The summed E-state index contributed by atoms with van der Waals surface area (Å²) in [6.45, 7) is 0.733. The van der Waals surface area contributed by atoms with Gasteiger partial charge in [0, 0.05) is 12.8 Å². The SMILES string of the molecule is COCCn1c(SCC(=O)Nc2ccc(Oc3ccccc3)cc2)nc2ccccc2c1=O. The number of anilines is 1. The fraction of sp³-hybridized carbons (Fsp3) is 0.160. The van der Waals surface area contributed by atoms with Gasteiger partial charge in [0.05, 0.1) is 29.8 Å². The lowest BCUT2D eigenvalue weighted by molar-refractivity contribution is -0.113. The first-order chi connectivity index (χ1) is 16.1. The van der Waals surface area contributed by atoms with Crippen LogP contribution in [0.25, 0.3) is 10.9 Å². The molecule has 1 amide bonds. The van der Waals surface area contributed by atoms with Crippen LogP contribution in [0.5, 0.6) is 11.5 Å². The second-order valence-electron chi connectivity index (χ2n) is 7.14. The lowest BCUT2D eigenvalue weighted by atomic mass is 10.2. The Balaban J connectivity index is 1.41. The van der Waals surface area contributed by atoms with Crippen LogP contribution >= 0.6 is 11.8 Å². The van der Waals surface area contributed by atoms with Crippen LogP contribution in [0.1, 0.15) is 0 Å². The van der Waals surface area contributed by atoms with E-state index in [2.05, 4.69) is 10.3 Å². The highest BCUT2D eigenvalue weighted by Crippen LogP contribution is 2.23. The zero-order valence-electron chi connectivity index (χ0n) is 18.1. The van der Waals surface area contributed by atoms with Crippen LogP contribution in [-0.2, 0) is 16.1 Å². The predicted octanol–water partition coefficient (Wildman–Crippen LogP) is 4.57. The van der Waals surface area contributed by atoms with E-state index in [0.717, 1.165) is 5.75 Å². The second kappa shape index (κ2) is 10.8. The van der Waals surface area contributed by atoms with Crippen LogP contribution in [0.15, 0.2) is 88.8 Å². The Morgan fingerprint density at radius 2 is 1.67 bits per heavy atom. The largest absolute Gasteiger partial charge is 0.457 e. The van der Waals surface area contributed by atoms with Crippen molar-refractivity contribution in [3.63, 3.8) is 0 Å². The van der Waals surface area contributed by atoms with Crippen molar-refractivity contribution in [3.8, 4) is 11.5 Å². The molecule has 1 aromatic heterocycles. The number of ether oxygens (including phenoxy) is 2. The minimum atomic E-state index is -0.197. The van der Waals surface area contributed by atoms with Gasteiger partial charge in [0.1, 0.15) is 11.5 Å². The molecule has 1 N–H and O–H groups in total. The van der Waals surface area contributed by atoms with Gasteiger partial charge in [-0.1, -0.05) is 42.1 Å². The number of rotatable bonds is 9. The van der Waals surface area contributed by atoms with E-state index in [0.29, 0.717) is 40.6 Å². The predicted molar refractivity (Wildman–Crippen MR) is 130 cm³/mol. The first-order valence-electron chi connectivity index (χ1n) is 10.4. The fourth-order valence-corrected chi connectivity index (χ4v) is 4.02. The zero-order valence-corrected chi connectivity index (χ0v) is 18.9. The minimum absolute atomic E-state index is 0.111. The highest BCUT2D eigenvalue weighted by atomic mass is 32.2. The van der Waals surface area contributed by atoms with E-state index in [4.69, 9.17) is 9.47 Å². The molecule has 0 aliphatic rings. The van der Waals surface area contributed by atoms with Crippen LogP contribution in [0.3, 0.4) is 0 Å². The molecule has 0 fully saturated rings. The molecule has 33 heavy (non-hydrogen) atoms. The molecule has 0 unspecified atom stereocenters. The number of para-hydroxylation sites is 2. The molecule has 0 saturated heterocycles. The van der Waals surface area contributed by atoms with Crippen molar-refractivity contribution in [2.75, 3.05) is 24.8 Å². The molecule has 1 heterocycles. The summed E-state index contributed by atoms with van der Waals surface area (Å²) in [5.41, 5.74) is 1.12. The van der Waals surface area contributed by atoms with E-state index in [1.54, 1.807) is 48.1 Å². The maximum atomic E-state index is 12.9. The Kier molecular flexibility index (Phi) is 7.39. The summed E-state index contributed by atoms with van der Waals surface area (Å²) in [4.78, 5) is 30.0. The topological polar surface area (TPSA) is 82.4 Å². The second-order valence-corrected chi connectivity index (χ2v) is 8.08. The average molecular weight is 462 g/mol. The first kappa shape index (κ1) is 22.6. The Hall–Kier alpha value is -3.62. The molecule has 0 bridgehead atoms. The number of hydrogen-bond acceptors (Lipinski definition) is 6. The smallest absolute Gasteiger partial charge is 0.262 e. The minimum Gasteiger partial charge on any atom is -0.457 e. The van der Waals surface area contributed by atoms with E-state index in [-0.39, 0.29) is 17.2 Å². The third kappa shape index (κ3) is 5.79. The quantitative estimate of drug-likeness (QED) is 0.291. The third-order valence-corrected chi connectivity index (χ3v) is 5.77. The van der Waals surface area contributed by atoms with Crippen molar-refractivity contribution in [1.29, 1.82) is 0 Å². The van der Waals surface area contributed by atoms with Crippen LogP contribution in [0.2, 0.25) is 0 Å². The van der Waals surface area contributed by atoms with Gasteiger partial charge >= 0.3 is 0 Å². The highest BCUT2D eigenvalue weighted by Gasteiger charge is 2.13. The number of carbonyl (C=O) groups excluding carboxylic acids is 1. The van der Waals surface area contributed by atoms with Crippen LogP contribution in [-0.4, -0.2) is 34.9 Å². The van der Waals surface area contributed by atoms with E-state index >= 15 is 0 Å². The molecule has 0 aliphatic heterocycles. The van der Waals surface area contributed by atoms with Crippen LogP contribution in [0.4, 0.5) is 5.69 Å². The normalized spacial score (nSPS) is 10.8. The van der Waals surface area contributed by atoms with Crippen molar-refractivity contribution in [1.82, 2.24) is 9.55 Å². The van der Waals surface area contributed by atoms with Gasteiger partial charge in [-0.05, 0) is 48.5 Å². The van der Waals surface area contributed by atoms with Crippen LogP contribution in [0, 0.1) is 0 Å². The van der Waals surface area contributed by atoms with E-state index in [1.807, 2.05) is 42.5 Å². The molecule has 0 saturated carbocycles. The number of aromatic nitrogens is 2. The molecule has 8 heteroatoms. The summed E-state index contributed by atoms with van der Waals surface area (Å²) in [6, 6.07) is 23.8. The van der Waals surface area contributed by atoms with Gasteiger partial charge < -0.3 is 14.8 Å². The summed E-state index contributed by atoms with van der Waals surface area (Å²) in [7, 11) is 1.58. The van der Waals surface area contributed by atoms with Gasteiger partial charge in [0.25, 0.3) is 5.56 Å². The molecule has 4 aromatic rings. The van der Waals surface area contributed by atoms with Gasteiger partial charge in [-0.15, -0.1) is 0 Å². The molecule has 3 aromatic carbocycles. The fourth-order valence-electron chi connectivity index (χ4n) is 3.20. The summed E-state index contributed by atoms with van der Waals surface area (Å²) >= 11 is 1.22. The number of amides is 1. The number of methoxy groups -OCH3 is 1. The van der Waals surface area contributed by atoms with Gasteiger partial charge in [-0.3, -0.25) is 14.2 Å². The number of nitrogens with one attached hydrogen (secondary N) is 1. The molecular weight excluding hydrogens is 438 g/mol. The Labute approximate surface area is 195 Å². The molecule has 7 nitrogen and oxygen atoms in total. The van der Waals surface area contributed by atoms with Crippen LogP contribution < -0.4 is 15.6 Å².